The number of methoxy groups -OCH3 is 1. The number of hydrogen-bond donors (Lipinski definition) is 5. The van der Waals surface area contributed by atoms with Crippen LogP contribution in [-0.2, 0) is 38.2 Å². The van der Waals surface area contributed by atoms with E-state index < -0.39 is 102 Å². The maximum absolute atomic E-state index is 14.1. The molecule has 1 aliphatic carbocycles. The summed E-state index contributed by atoms with van der Waals surface area (Å²) in [5.41, 5.74) is 1.08. The Morgan fingerprint density at radius 3 is 2.24 bits per heavy atom. The van der Waals surface area contributed by atoms with Gasteiger partial charge in [-0.3, -0.25) is 19.2 Å². The maximum Gasteiger partial charge on any atom is 0.329 e. The number of carbonyl (C=O) groups excluding carboxylic acids is 5. The lowest BCUT2D eigenvalue weighted by atomic mass is 9.78. The molecule has 3 heterocycles. The SMILES string of the molecule is CO[C@H]1C[C@@H]2CC[C@@H](C)[C@@](O)(O2)C(=O)C(=O)N2CCC[C@H]2C(=O)O[C@H]([C@H](C)CC2CC[C@H](O)[C@@H](O)C2)CC(=O)[C@H](C)/C=C(\C)[C@@H](O)[C@@H](O)C(=O)[C@H](C)C[C@H](C)/C=C/C=C/C=C/1C. The van der Waals surface area contributed by atoms with Gasteiger partial charge in [0.1, 0.15) is 30.1 Å². The van der Waals surface area contributed by atoms with E-state index in [4.69, 9.17) is 14.2 Å². The fourth-order valence-corrected chi connectivity index (χ4v) is 9.49. The third-order valence-electron chi connectivity index (χ3n) is 13.7. The Hall–Kier alpha value is -3.37. The van der Waals surface area contributed by atoms with Gasteiger partial charge in [-0.25, -0.2) is 4.79 Å². The molecule has 0 aromatic carbocycles. The Bertz CT molecular complexity index is 1700. The Kier molecular flexibility index (Phi) is 19.0. The third kappa shape index (κ3) is 13.1. The van der Waals surface area contributed by atoms with Gasteiger partial charge < -0.3 is 44.6 Å². The van der Waals surface area contributed by atoms with Crippen molar-refractivity contribution in [2.75, 3.05) is 13.7 Å². The molecule has 4 aliphatic rings. The highest BCUT2D eigenvalue weighted by atomic mass is 16.6. The van der Waals surface area contributed by atoms with Crippen LogP contribution in [0.3, 0.4) is 0 Å². The van der Waals surface area contributed by atoms with Crippen LogP contribution >= 0.6 is 0 Å². The molecule has 1 amide bonds. The molecule has 0 aromatic rings. The number of aliphatic hydroxyl groups is 5. The molecule has 4 rings (SSSR count). The van der Waals surface area contributed by atoms with Gasteiger partial charge in [-0.2, -0.15) is 0 Å². The molecule has 0 radical (unpaired) electrons. The third-order valence-corrected chi connectivity index (χ3v) is 13.7. The van der Waals surface area contributed by atoms with Crippen LogP contribution in [0.15, 0.2) is 47.6 Å². The summed E-state index contributed by atoms with van der Waals surface area (Å²) in [5.74, 6) is -8.92. The highest BCUT2D eigenvalue weighted by Gasteiger charge is 2.53. The Morgan fingerprint density at radius 1 is 0.855 bits per heavy atom. The first-order valence-electron chi connectivity index (χ1n) is 22.7. The predicted octanol–water partition coefficient (Wildman–Crippen LogP) is 4.48. The molecule has 15 atom stereocenters. The van der Waals surface area contributed by atoms with Crippen LogP contribution in [0.1, 0.15) is 119 Å². The molecule has 3 fully saturated rings. The molecule has 2 bridgehead atoms. The number of ketones is 3. The van der Waals surface area contributed by atoms with Crippen LogP contribution in [0.4, 0.5) is 0 Å². The van der Waals surface area contributed by atoms with E-state index in [1.807, 2.05) is 51.2 Å². The molecule has 2 saturated heterocycles. The number of fused-ring (bicyclic) bond motifs is 3. The average molecular weight is 872 g/mol. The van der Waals surface area contributed by atoms with Crippen LogP contribution in [0, 0.1) is 35.5 Å². The fraction of sp³-hybridized carbons (Fsp3) is 0.729. The average Bonchev–Trinajstić information content (AvgIpc) is 3.73. The molecular weight excluding hydrogens is 799 g/mol. The first-order valence-corrected chi connectivity index (χ1v) is 22.7. The molecule has 0 spiro atoms. The minimum Gasteiger partial charge on any atom is -0.460 e. The van der Waals surface area contributed by atoms with E-state index in [9.17, 15) is 49.5 Å². The molecule has 5 N–H and O–H groups in total. The highest BCUT2D eigenvalue weighted by Crippen LogP contribution is 2.37. The van der Waals surface area contributed by atoms with E-state index in [-0.39, 0.29) is 42.6 Å². The second-order valence-electron chi connectivity index (χ2n) is 18.8. The van der Waals surface area contributed by atoms with E-state index in [0.29, 0.717) is 57.8 Å². The van der Waals surface area contributed by atoms with Gasteiger partial charge in [-0.15, -0.1) is 0 Å². The van der Waals surface area contributed by atoms with Gasteiger partial charge in [0.25, 0.3) is 11.7 Å². The van der Waals surface area contributed by atoms with Crippen molar-refractivity contribution in [1.29, 1.82) is 0 Å². The monoisotopic (exact) mass is 872 g/mol. The number of hydrogen-bond acceptors (Lipinski definition) is 13. The summed E-state index contributed by atoms with van der Waals surface area (Å²) in [6.07, 6.45) is 7.58. The van der Waals surface area contributed by atoms with E-state index in [2.05, 4.69) is 0 Å². The van der Waals surface area contributed by atoms with Crippen molar-refractivity contribution in [3.05, 3.63) is 47.6 Å². The van der Waals surface area contributed by atoms with Crippen LogP contribution in [-0.4, -0.2) is 128 Å². The summed E-state index contributed by atoms with van der Waals surface area (Å²) < 4.78 is 18.0. The van der Waals surface area contributed by atoms with E-state index in [0.717, 1.165) is 10.5 Å². The first kappa shape index (κ1) is 51.3. The van der Waals surface area contributed by atoms with E-state index >= 15 is 0 Å². The zero-order chi connectivity index (χ0) is 46.1. The summed E-state index contributed by atoms with van der Waals surface area (Å²) in [5, 5.41) is 54.3. The quantitative estimate of drug-likeness (QED) is 0.150. The zero-order valence-corrected chi connectivity index (χ0v) is 38.0. The second kappa shape index (κ2) is 23.0. The van der Waals surface area contributed by atoms with Crippen molar-refractivity contribution in [2.24, 2.45) is 35.5 Å². The zero-order valence-electron chi connectivity index (χ0n) is 38.0. The highest BCUT2D eigenvalue weighted by molar-refractivity contribution is 6.39. The largest absolute Gasteiger partial charge is 0.460 e. The fourth-order valence-electron chi connectivity index (χ4n) is 9.49. The summed E-state index contributed by atoms with van der Waals surface area (Å²) in [6, 6.07) is -1.16. The van der Waals surface area contributed by atoms with Gasteiger partial charge >= 0.3 is 5.97 Å². The molecule has 0 aromatic heterocycles. The lowest BCUT2D eigenvalue weighted by Gasteiger charge is -2.41. The molecule has 1 unspecified atom stereocenters. The van der Waals surface area contributed by atoms with Gasteiger partial charge in [0.2, 0.25) is 5.79 Å². The van der Waals surface area contributed by atoms with Gasteiger partial charge in [-0.05, 0) is 101 Å². The number of Topliss-reactive ketones (excluding diaryl/α,β-unsaturated/α-hetero) is 3. The number of amides is 1. The van der Waals surface area contributed by atoms with Crippen molar-refractivity contribution in [1.82, 2.24) is 4.90 Å². The van der Waals surface area contributed by atoms with Gasteiger partial charge in [0.15, 0.2) is 5.78 Å². The van der Waals surface area contributed by atoms with Gasteiger partial charge in [-0.1, -0.05) is 71.1 Å². The number of carbonyl (C=O) groups is 5. The maximum atomic E-state index is 14.1. The number of cyclic esters (lactones) is 1. The molecule has 14 nitrogen and oxygen atoms in total. The minimum absolute atomic E-state index is 0.0258. The summed E-state index contributed by atoms with van der Waals surface area (Å²) in [4.78, 5) is 70.4. The van der Waals surface area contributed by atoms with Crippen molar-refractivity contribution in [3.8, 4) is 0 Å². The van der Waals surface area contributed by atoms with Crippen molar-refractivity contribution < 1.29 is 63.7 Å². The summed E-state index contributed by atoms with van der Waals surface area (Å²) in [6.45, 7) is 12.2. The van der Waals surface area contributed by atoms with Crippen LogP contribution < -0.4 is 0 Å². The Labute approximate surface area is 367 Å². The van der Waals surface area contributed by atoms with E-state index in [1.54, 1.807) is 27.9 Å². The van der Waals surface area contributed by atoms with Crippen molar-refractivity contribution >= 4 is 29.2 Å². The standard InChI is InChI=1S/C48H73NO13/c1-27-13-10-9-11-14-28(2)40(60-8)25-35-18-16-33(7)48(59,62-35)45(56)46(57)49-20-12-15-36(49)47(58)61-41(30(4)23-34-17-19-37(50)39(52)24-34)26-38(51)29(3)22-32(6)43(54)44(55)42(53)31(5)21-27/h9-11,13-14,22,27,29-31,33-37,39-41,43-44,50,52,54-55,59H,12,15-21,23-26H2,1-8H3/b11-9+,13-10+,28-14+,32-22+/t27-,29-,30-,31-,33-,34?,35+,36+,37+,39+,40+,41+,43-,44+,48-/m1/s1. The number of aliphatic hydroxyl groups excluding tert-OH is 4. The number of esters is 1. The summed E-state index contributed by atoms with van der Waals surface area (Å²) in [7, 11) is 1.56. The van der Waals surface area contributed by atoms with Gasteiger partial charge in [0.05, 0.1) is 24.4 Å². The van der Waals surface area contributed by atoms with Crippen LogP contribution in [0.25, 0.3) is 0 Å². The van der Waals surface area contributed by atoms with Crippen molar-refractivity contribution in [3.63, 3.8) is 0 Å². The van der Waals surface area contributed by atoms with Crippen LogP contribution in [0.2, 0.25) is 0 Å². The molecule has 348 valence electrons. The van der Waals surface area contributed by atoms with E-state index in [1.165, 1.54) is 13.0 Å². The topological polar surface area (TPSA) is 217 Å². The Balaban J connectivity index is 1.66. The second-order valence-corrected chi connectivity index (χ2v) is 18.8. The molecule has 3 aliphatic heterocycles. The van der Waals surface area contributed by atoms with Crippen LogP contribution in [0.5, 0.6) is 0 Å². The van der Waals surface area contributed by atoms with Crippen molar-refractivity contribution in [2.45, 2.75) is 174 Å². The molecule has 14 heteroatoms. The smallest absolute Gasteiger partial charge is 0.329 e. The Morgan fingerprint density at radius 2 is 1.56 bits per heavy atom. The number of rotatable bonds is 4. The molecular formula is C48H73NO13. The number of allylic oxidation sites excluding steroid dienone is 6. The normalized spacial score (nSPS) is 41.6. The predicted molar refractivity (Wildman–Crippen MR) is 231 cm³/mol. The lowest BCUT2D eigenvalue weighted by Crippen LogP contribution is -2.59. The lowest BCUT2D eigenvalue weighted by molar-refractivity contribution is -0.265. The number of ether oxygens (including phenoxy) is 3. The summed E-state index contributed by atoms with van der Waals surface area (Å²) >= 11 is 0. The number of nitrogens with zero attached hydrogens (tertiary/aromatic N) is 1. The minimum atomic E-state index is -2.44. The molecule has 1 saturated carbocycles. The van der Waals surface area contributed by atoms with Gasteiger partial charge in [0, 0.05) is 44.2 Å². The first-order chi connectivity index (χ1) is 29.2. The molecule has 62 heavy (non-hydrogen) atoms.